The first-order valence-corrected chi connectivity index (χ1v) is 7.61. The van der Waals surface area contributed by atoms with Gasteiger partial charge < -0.3 is 5.32 Å². The predicted octanol–water partition coefficient (Wildman–Crippen LogP) is 1.89. The molecule has 9 heteroatoms. The highest BCUT2D eigenvalue weighted by Crippen LogP contribution is 2.16. The quantitative estimate of drug-likeness (QED) is 0.893. The van der Waals surface area contributed by atoms with E-state index in [0.29, 0.717) is 10.7 Å². The molecule has 7 nitrogen and oxygen atoms in total. The number of amides is 1. The molecule has 2 N–H and O–H groups in total. The summed E-state index contributed by atoms with van der Waals surface area (Å²) >= 11 is 5.62. The average Bonchev–Trinajstić information content (AvgIpc) is 2.41. The van der Waals surface area contributed by atoms with E-state index in [-0.39, 0.29) is 16.8 Å². The lowest BCUT2D eigenvalue weighted by atomic mass is 10.3. The predicted molar refractivity (Wildman–Crippen MR) is 78.6 cm³/mol. The second-order valence-corrected chi connectivity index (χ2v) is 6.15. The van der Waals surface area contributed by atoms with Gasteiger partial charge in [-0.1, -0.05) is 11.6 Å². The fourth-order valence-corrected chi connectivity index (χ4v) is 2.52. The van der Waals surface area contributed by atoms with Crippen molar-refractivity contribution in [2.24, 2.45) is 0 Å². The molecule has 0 saturated carbocycles. The average molecular weight is 327 g/mol. The number of carbonyl (C=O) groups is 1. The number of carbonyl (C=O) groups excluding carboxylic acids is 1. The van der Waals surface area contributed by atoms with Crippen molar-refractivity contribution < 1.29 is 13.2 Å². The number of nitrogens with zero attached hydrogens (tertiary/aromatic N) is 2. The van der Waals surface area contributed by atoms with Gasteiger partial charge in [0.05, 0.1) is 22.3 Å². The first-order chi connectivity index (χ1) is 9.87. The summed E-state index contributed by atoms with van der Waals surface area (Å²) in [6.07, 6.45) is 2.57. The number of hydrogen-bond donors (Lipinski definition) is 2. The molecule has 110 valence electrons. The Kier molecular flexibility index (Phi) is 4.39. The van der Waals surface area contributed by atoms with Crippen LogP contribution in [-0.2, 0) is 14.8 Å². The van der Waals surface area contributed by atoms with Crippen LogP contribution >= 0.6 is 11.6 Å². The number of rotatable bonds is 4. The lowest BCUT2D eigenvalue weighted by molar-refractivity contribution is -0.114. The molecule has 0 atom stereocenters. The van der Waals surface area contributed by atoms with Crippen LogP contribution in [-0.4, -0.2) is 24.3 Å². The molecule has 0 bridgehead atoms. The third kappa shape index (κ3) is 4.14. The van der Waals surface area contributed by atoms with E-state index in [1.807, 2.05) is 0 Å². The van der Waals surface area contributed by atoms with E-state index in [0.717, 1.165) is 0 Å². The van der Waals surface area contributed by atoms with E-state index < -0.39 is 10.0 Å². The Hall–Kier alpha value is -2.19. The summed E-state index contributed by atoms with van der Waals surface area (Å²) in [5, 5.41) is 2.85. The lowest BCUT2D eigenvalue weighted by Crippen LogP contribution is -2.15. The number of sulfonamides is 1. The largest absolute Gasteiger partial charge is 0.326 e. The van der Waals surface area contributed by atoms with Crippen molar-refractivity contribution in [3.05, 3.63) is 41.7 Å². The molecule has 1 aromatic carbocycles. The van der Waals surface area contributed by atoms with Gasteiger partial charge in [-0.2, -0.15) is 0 Å². The number of benzene rings is 1. The topological polar surface area (TPSA) is 101 Å². The summed E-state index contributed by atoms with van der Waals surface area (Å²) in [6, 6.07) is 5.70. The molecule has 0 unspecified atom stereocenters. The molecule has 0 aliphatic rings. The Morgan fingerprint density at radius 1 is 1.14 bits per heavy atom. The fourth-order valence-electron chi connectivity index (χ4n) is 1.46. The van der Waals surface area contributed by atoms with Crippen LogP contribution in [0.15, 0.2) is 41.6 Å². The van der Waals surface area contributed by atoms with Crippen LogP contribution in [0.5, 0.6) is 0 Å². The Morgan fingerprint density at radius 3 is 2.24 bits per heavy atom. The van der Waals surface area contributed by atoms with Gasteiger partial charge in [-0.3, -0.25) is 4.79 Å². The summed E-state index contributed by atoms with van der Waals surface area (Å²) in [5.74, 6) is -0.316. The fraction of sp³-hybridized carbons (Fsp3) is 0.0833. The summed E-state index contributed by atoms with van der Waals surface area (Å²) < 4.78 is 26.4. The monoisotopic (exact) mass is 326 g/mol. The molecule has 1 amide bonds. The van der Waals surface area contributed by atoms with Crippen molar-refractivity contribution in [2.75, 3.05) is 10.0 Å². The molecule has 0 spiro atoms. The molecule has 0 fully saturated rings. The second kappa shape index (κ2) is 6.06. The smallest absolute Gasteiger partial charge is 0.264 e. The summed E-state index contributed by atoms with van der Waals surface area (Å²) in [7, 11) is -3.80. The normalized spacial score (nSPS) is 11.0. The van der Waals surface area contributed by atoms with Crippen LogP contribution in [0.25, 0.3) is 0 Å². The van der Waals surface area contributed by atoms with Gasteiger partial charge in [0.15, 0.2) is 0 Å². The van der Waals surface area contributed by atoms with E-state index in [4.69, 9.17) is 11.6 Å². The SMILES string of the molecule is CC(=O)Nc1ccc(S(=O)(=O)Nc2ncc(Cl)cn2)cc1. The Balaban J connectivity index is 2.19. The van der Waals surface area contributed by atoms with Gasteiger partial charge in [-0.15, -0.1) is 0 Å². The standard InChI is InChI=1S/C12H11ClN4O3S/c1-8(18)16-10-2-4-11(5-3-10)21(19,20)17-12-14-6-9(13)7-15-12/h2-7H,1H3,(H,16,18)(H,14,15,17). The van der Waals surface area contributed by atoms with E-state index in [1.54, 1.807) is 0 Å². The molecule has 0 radical (unpaired) electrons. The van der Waals surface area contributed by atoms with Crippen LogP contribution in [0.3, 0.4) is 0 Å². The van der Waals surface area contributed by atoms with E-state index >= 15 is 0 Å². The van der Waals surface area contributed by atoms with Crippen LogP contribution in [0.4, 0.5) is 11.6 Å². The van der Waals surface area contributed by atoms with Gasteiger partial charge in [-0.05, 0) is 24.3 Å². The zero-order valence-electron chi connectivity index (χ0n) is 10.9. The zero-order chi connectivity index (χ0) is 15.5. The summed E-state index contributed by atoms with van der Waals surface area (Å²) in [5.41, 5.74) is 0.504. The maximum absolute atomic E-state index is 12.1. The van der Waals surface area contributed by atoms with Crippen LogP contribution in [0, 0.1) is 0 Å². The van der Waals surface area contributed by atoms with Gasteiger partial charge in [-0.25, -0.2) is 23.1 Å². The van der Waals surface area contributed by atoms with Crippen molar-refractivity contribution in [3.63, 3.8) is 0 Å². The van der Waals surface area contributed by atoms with Gasteiger partial charge in [0.25, 0.3) is 10.0 Å². The second-order valence-electron chi connectivity index (χ2n) is 4.04. The van der Waals surface area contributed by atoms with Crippen LogP contribution in [0.2, 0.25) is 5.02 Å². The minimum Gasteiger partial charge on any atom is -0.326 e. The molecule has 2 rings (SSSR count). The van der Waals surface area contributed by atoms with Gasteiger partial charge in [0, 0.05) is 12.6 Å². The molecule has 0 aliphatic carbocycles. The number of aromatic nitrogens is 2. The van der Waals surface area contributed by atoms with Crippen molar-refractivity contribution in [1.82, 2.24) is 9.97 Å². The number of hydrogen-bond acceptors (Lipinski definition) is 5. The van der Waals surface area contributed by atoms with Crippen molar-refractivity contribution in [1.29, 1.82) is 0 Å². The third-order valence-electron chi connectivity index (χ3n) is 2.33. The van der Waals surface area contributed by atoms with E-state index in [9.17, 15) is 13.2 Å². The molecule has 21 heavy (non-hydrogen) atoms. The Labute approximate surface area is 126 Å². The van der Waals surface area contributed by atoms with E-state index in [2.05, 4.69) is 20.0 Å². The highest BCUT2D eigenvalue weighted by molar-refractivity contribution is 7.92. The maximum atomic E-state index is 12.1. The molecular formula is C12H11ClN4O3S. The Morgan fingerprint density at radius 2 is 1.71 bits per heavy atom. The van der Waals surface area contributed by atoms with Crippen LogP contribution in [0.1, 0.15) is 6.92 Å². The van der Waals surface area contributed by atoms with Crippen molar-refractivity contribution in [2.45, 2.75) is 11.8 Å². The summed E-state index contributed by atoms with van der Waals surface area (Å²) in [4.78, 5) is 18.4. The summed E-state index contributed by atoms with van der Waals surface area (Å²) in [6.45, 7) is 1.37. The number of nitrogens with one attached hydrogen (secondary N) is 2. The molecule has 1 heterocycles. The van der Waals surface area contributed by atoms with Crippen LogP contribution < -0.4 is 10.0 Å². The molecule has 0 aliphatic heterocycles. The highest BCUT2D eigenvalue weighted by atomic mass is 35.5. The minimum absolute atomic E-state index is 0.0233. The first kappa shape index (κ1) is 15.2. The first-order valence-electron chi connectivity index (χ1n) is 5.75. The van der Waals surface area contributed by atoms with Gasteiger partial charge in [0.1, 0.15) is 0 Å². The number of halogens is 1. The van der Waals surface area contributed by atoms with Gasteiger partial charge in [0.2, 0.25) is 11.9 Å². The third-order valence-corrected chi connectivity index (χ3v) is 3.87. The zero-order valence-corrected chi connectivity index (χ0v) is 12.4. The lowest BCUT2D eigenvalue weighted by Gasteiger charge is -2.07. The molecular weight excluding hydrogens is 316 g/mol. The molecule has 1 aromatic heterocycles. The van der Waals surface area contributed by atoms with E-state index in [1.165, 1.54) is 43.6 Å². The maximum Gasteiger partial charge on any atom is 0.264 e. The Bertz CT molecular complexity index is 745. The molecule has 0 saturated heterocycles. The van der Waals surface area contributed by atoms with Gasteiger partial charge >= 0.3 is 0 Å². The van der Waals surface area contributed by atoms with Crippen molar-refractivity contribution >= 4 is 39.2 Å². The molecule has 2 aromatic rings. The number of anilines is 2. The highest BCUT2D eigenvalue weighted by Gasteiger charge is 2.15. The minimum atomic E-state index is -3.80. The van der Waals surface area contributed by atoms with Crippen molar-refractivity contribution in [3.8, 4) is 0 Å².